The van der Waals surface area contributed by atoms with E-state index in [1.807, 2.05) is 0 Å². The third-order valence-corrected chi connectivity index (χ3v) is 2.91. The number of hydrogen-bond acceptors (Lipinski definition) is 4. The summed E-state index contributed by atoms with van der Waals surface area (Å²) < 4.78 is 11.0. The van der Waals surface area contributed by atoms with Crippen LogP contribution in [0.5, 0.6) is 5.88 Å². The van der Waals surface area contributed by atoms with Crippen molar-refractivity contribution in [1.82, 2.24) is 4.98 Å². The molecule has 0 radical (unpaired) electrons. The fraction of sp³-hybridized carbons (Fsp3) is 0.500. The molecule has 4 nitrogen and oxygen atoms in total. The van der Waals surface area contributed by atoms with Gasteiger partial charge in [0.1, 0.15) is 0 Å². The highest BCUT2D eigenvalue weighted by molar-refractivity contribution is 5.35. The largest absolute Gasteiger partial charge is 0.477 e. The van der Waals surface area contributed by atoms with E-state index in [1.165, 1.54) is 5.57 Å². The van der Waals surface area contributed by atoms with Crippen LogP contribution in [0.3, 0.4) is 0 Å². The lowest BCUT2D eigenvalue weighted by atomic mass is 10.1. The number of nitrogens with zero attached hydrogens (tertiary/aromatic N) is 1. The summed E-state index contributed by atoms with van der Waals surface area (Å²) in [6, 6.07) is 3.59. The molecule has 1 saturated heterocycles. The van der Waals surface area contributed by atoms with Crippen LogP contribution in [0.1, 0.15) is 25.7 Å². The molecule has 1 aromatic heterocycles. The molecule has 0 aliphatic carbocycles. The molecule has 0 amide bonds. The van der Waals surface area contributed by atoms with Crippen molar-refractivity contribution in [2.75, 3.05) is 25.6 Å². The minimum absolute atomic E-state index is 0.631. The van der Waals surface area contributed by atoms with Gasteiger partial charge in [-0.1, -0.05) is 11.6 Å². The van der Waals surface area contributed by atoms with E-state index in [0.717, 1.165) is 38.9 Å². The van der Waals surface area contributed by atoms with Crippen LogP contribution in [-0.4, -0.2) is 24.8 Å². The molecule has 0 atom stereocenters. The fourth-order valence-electron chi connectivity index (χ4n) is 1.94. The second-order valence-corrected chi connectivity index (χ2v) is 4.40. The molecular formula is C14H20N2O2. The second-order valence-electron chi connectivity index (χ2n) is 4.40. The van der Waals surface area contributed by atoms with Gasteiger partial charge in [0.05, 0.1) is 25.1 Å². The highest BCUT2D eigenvalue weighted by Gasteiger charge is 2.03. The van der Waals surface area contributed by atoms with E-state index < -0.39 is 0 Å². The maximum atomic E-state index is 5.55. The highest BCUT2D eigenvalue weighted by atomic mass is 16.5. The van der Waals surface area contributed by atoms with Crippen LogP contribution in [0.25, 0.3) is 0 Å². The molecule has 1 aliphatic rings. The zero-order valence-corrected chi connectivity index (χ0v) is 10.6. The third kappa shape index (κ3) is 4.37. The van der Waals surface area contributed by atoms with Gasteiger partial charge in [-0.05, 0) is 31.7 Å². The van der Waals surface area contributed by atoms with Crippen molar-refractivity contribution in [3.8, 4) is 5.88 Å². The Morgan fingerprint density at radius 2 is 2.28 bits per heavy atom. The maximum Gasteiger partial charge on any atom is 0.213 e. The van der Waals surface area contributed by atoms with Crippen LogP contribution >= 0.6 is 0 Å². The number of nitrogens with two attached hydrogens (primary N) is 1. The van der Waals surface area contributed by atoms with E-state index in [-0.39, 0.29) is 0 Å². The number of pyridine rings is 1. The van der Waals surface area contributed by atoms with Gasteiger partial charge < -0.3 is 15.2 Å². The molecule has 0 unspecified atom stereocenters. The minimum Gasteiger partial charge on any atom is -0.477 e. The summed E-state index contributed by atoms with van der Waals surface area (Å²) in [5.41, 5.74) is 7.70. The zero-order chi connectivity index (χ0) is 12.6. The van der Waals surface area contributed by atoms with E-state index >= 15 is 0 Å². The first-order chi connectivity index (χ1) is 8.84. The molecular weight excluding hydrogens is 228 g/mol. The van der Waals surface area contributed by atoms with Gasteiger partial charge in [-0.15, -0.1) is 0 Å². The van der Waals surface area contributed by atoms with Gasteiger partial charge in [0.15, 0.2) is 0 Å². The lowest BCUT2D eigenvalue weighted by Gasteiger charge is -2.05. The van der Waals surface area contributed by atoms with E-state index in [9.17, 15) is 0 Å². The molecule has 1 fully saturated rings. The zero-order valence-electron chi connectivity index (χ0n) is 10.6. The number of anilines is 1. The Morgan fingerprint density at radius 3 is 3.11 bits per heavy atom. The van der Waals surface area contributed by atoms with E-state index in [1.54, 1.807) is 18.3 Å². The monoisotopic (exact) mass is 248 g/mol. The van der Waals surface area contributed by atoms with Crippen molar-refractivity contribution in [2.24, 2.45) is 0 Å². The lowest BCUT2D eigenvalue weighted by Crippen LogP contribution is -1.99. The maximum absolute atomic E-state index is 5.55. The van der Waals surface area contributed by atoms with Gasteiger partial charge >= 0.3 is 0 Å². The van der Waals surface area contributed by atoms with Gasteiger partial charge in [-0.2, -0.15) is 0 Å². The van der Waals surface area contributed by atoms with E-state index in [2.05, 4.69) is 11.1 Å². The van der Waals surface area contributed by atoms with Crippen LogP contribution in [0.2, 0.25) is 0 Å². The number of hydrogen-bond donors (Lipinski definition) is 1. The second kappa shape index (κ2) is 7.01. The predicted octanol–water partition coefficient (Wildman–Crippen LogP) is 2.56. The molecule has 18 heavy (non-hydrogen) atoms. The molecule has 0 aromatic carbocycles. The fourth-order valence-corrected chi connectivity index (χ4v) is 1.94. The first-order valence-electron chi connectivity index (χ1n) is 6.44. The average Bonchev–Trinajstić information content (AvgIpc) is 2.65. The minimum atomic E-state index is 0.631. The van der Waals surface area contributed by atoms with E-state index in [0.29, 0.717) is 18.2 Å². The molecule has 98 valence electrons. The Hall–Kier alpha value is -1.55. The summed E-state index contributed by atoms with van der Waals surface area (Å²) in [5, 5.41) is 0. The third-order valence-electron chi connectivity index (χ3n) is 2.91. The Kier molecular flexibility index (Phi) is 5.02. The summed E-state index contributed by atoms with van der Waals surface area (Å²) in [6.45, 7) is 2.40. The predicted molar refractivity (Wildman–Crippen MR) is 71.5 cm³/mol. The molecule has 2 rings (SSSR count). The Morgan fingerprint density at radius 1 is 1.33 bits per heavy atom. The van der Waals surface area contributed by atoms with Gasteiger partial charge in [0.25, 0.3) is 0 Å². The number of aromatic nitrogens is 1. The Balaban J connectivity index is 1.71. The highest BCUT2D eigenvalue weighted by Crippen LogP contribution is 2.15. The average molecular weight is 248 g/mol. The number of rotatable bonds is 4. The van der Waals surface area contributed by atoms with E-state index in [4.69, 9.17) is 15.2 Å². The first-order valence-corrected chi connectivity index (χ1v) is 6.44. The summed E-state index contributed by atoms with van der Waals surface area (Å²) in [6.07, 6.45) is 8.14. The normalized spacial score (nSPS) is 18.6. The van der Waals surface area contributed by atoms with Crippen molar-refractivity contribution in [3.05, 3.63) is 30.0 Å². The van der Waals surface area contributed by atoms with Crippen molar-refractivity contribution < 1.29 is 9.47 Å². The molecule has 4 heteroatoms. The molecule has 1 aliphatic heterocycles. The molecule has 0 saturated carbocycles. The number of ether oxygens (including phenoxy) is 2. The van der Waals surface area contributed by atoms with Crippen LogP contribution < -0.4 is 10.5 Å². The first kappa shape index (κ1) is 12.9. The smallest absolute Gasteiger partial charge is 0.213 e. The summed E-state index contributed by atoms with van der Waals surface area (Å²) in [4.78, 5) is 4.09. The summed E-state index contributed by atoms with van der Waals surface area (Å²) in [5.74, 6) is 0.631. The van der Waals surface area contributed by atoms with Crippen molar-refractivity contribution in [1.29, 1.82) is 0 Å². The Bertz CT molecular complexity index is 377. The van der Waals surface area contributed by atoms with Gasteiger partial charge in [-0.3, -0.25) is 0 Å². The summed E-state index contributed by atoms with van der Waals surface area (Å²) >= 11 is 0. The van der Waals surface area contributed by atoms with Crippen LogP contribution in [0.15, 0.2) is 30.0 Å². The standard InChI is InChI=1S/C14H20N2O2/c15-13-5-6-14(16-11-13)18-9-2-4-12-3-1-8-17-10-7-12/h4-6,11H,1-3,7-10,15H2/b12-4-. The van der Waals surface area contributed by atoms with Crippen LogP contribution in [0.4, 0.5) is 5.69 Å². The molecule has 2 N–H and O–H groups in total. The number of nitrogen functional groups attached to an aromatic ring is 1. The van der Waals surface area contributed by atoms with Crippen molar-refractivity contribution in [3.63, 3.8) is 0 Å². The summed E-state index contributed by atoms with van der Waals surface area (Å²) in [7, 11) is 0. The van der Waals surface area contributed by atoms with Gasteiger partial charge in [0, 0.05) is 12.7 Å². The lowest BCUT2D eigenvalue weighted by molar-refractivity contribution is 0.146. The Labute approximate surface area is 108 Å². The van der Waals surface area contributed by atoms with Gasteiger partial charge in [0.2, 0.25) is 5.88 Å². The SMILES string of the molecule is Nc1ccc(OCC/C=C2/CCCOCC2)nc1. The molecule has 2 heterocycles. The van der Waals surface area contributed by atoms with Gasteiger partial charge in [-0.25, -0.2) is 4.98 Å². The molecule has 1 aromatic rings. The van der Waals surface area contributed by atoms with Crippen LogP contribution in [0, 0.1) is 0 Å². The van der Waals surface area contributed by atoms with Crippen molar-refractivity contribution >= 4 is 5.69 Å². The topological polar surface area (TPSA) is 57.4 Å². The molecule has 0 spiro atoms. The molecule has 0 bridgehead atoms. The quantitative estimate of drug-likeness (QED) is 0.657. The van der Waals surface area contributed by atoms with Crippen molar-refractivity contribution in [2.45, 2.75) is 25.7 Å². The van der Waals surface area contributed by atoms with Crippen LogP contribution in [-0.2, 0) is 4.74 Å².